The van der Waals surface area contributed by atoms with E-state index < -0.39 is 0 Å². The van der Waals surface area contributed by atoms with Gasteiger partial charge < -0.3 is 5.32 Å². The lowest BCUT2D eigenvalue weighted by atomic mass is 10.0. The third kappa shape index (κ3) is 2.99. The van der Waals surface area contributed by atoms with Gasteiger partial charge in [0.2, 0.25) is 0 Å². The van der Waals surface area contributed by atoms with Gasteiger partial charge in [0.05, 0.1) is 0 Å². The van der Waals surface area contributed by atoms with E-state index in [9.17, 15) is 0 Å². The summed E-state index contributed by atoms with van der Waals surface area (Å²) in [6, 6.07) is 2.17. The Balaban J connectivity index is 0.00000108. The largest absolute Gasteiger partial charge is 0.316 e. The predicted molar refractivity (Wildman–Crippen MR) is 74.3 cm³/mol. The quantitative estimate of drug-likeness (QED) is 0.903. The normalized spacial score (nSPS) is 27.8. The van der Waals surface area contributed by atoms with E-state index >= 15 is 0 Å². The maximum absolute atomic E-state index is 4.21. The van der Waals surface area contributed by atoms with Crippen LogP contribution >= 0.6 is 28.3 Å². The van der Waals surface area contributed by atoms with Crippen molar-refractivity contribution in [2.24, 2.45) is 11.8 Å². The number of aromatic nitrogens is 1. The Morgan fingerprint density at radius 3 is 2.65 bits per heavy atom. The zero-order valence-corrected chi connectivity index (χ0v) is 12.0. The van der Waals surface area contributed by atoms with Gasteiger partial charge in [-0.15, -0.1) is 12.4 Å². The summed E-state index contributed by atoms with van der Waals surface area (Å²) in [7, 11) is 0. The van der Waals surface area contributed by atoms with Crippen LogP contribution in [-0.4, -0.2) is 36.1 Å². The van der Waals surface area contributed by atoms with Crippen molar-refractivity contribution in [2.75, 3.05) is 26.2 Å². The van der Waals surface area contributed by atoms with Gasteiger partial charge in [-0.1, -0.05) is 0 Å². The number of hydrogen-bond acceptors (Lipinski definition) is 3. The summed E-state index contributed by atoms with van der Waals surface area (Å²) in [5.74, 6) is 1.75. The molecule has 1 aromatic heterocycles. The summed E-state index contributed by atoms with van der Waals surface area (Å²) in [4.78, 5) is 6.77. The Labute approximate surface area is 117 Å². The standard InChI is InChI=1S/C12H16BrN3.ClH/c13-12-1-9(2-14-5-12)6-16-7-10-3-15-4-11(10)8-16;/h1-2,5,10-11,15H,3-4,6-8H2;1H/t10-,11+;. The van der Waals surface area contributed by atoms with E-state index in [2.05, 4.69) is 37.2 Å². The Bertz CT molecular complexity index is 376. The van der Waals surface area contributed by atoms with Crippen molar-refractivity contribution in [3.05, 3.63) is 28.5 Å². The van der Waals surface area contributed by atoms with E-state index in [1.807, 2.05) is 12.4 Å². The van der Waals surface area contributed by atoms with E-state index in [1.165, 1.54) is 31.7 Å². The zero-order valence-electron chi connectivity index (χ0n) is 9.60. The molecule has 3 rings (SSSR count). The predicted octanol–water partition coefficient (Wildman–Crippen LogP) is 1.92. The van der Waals surface area contributed by atoms with Crippen LogP contribution in [-0.2, 0) is 6.54 Å². The molecule has 3 heterocycles. The molecule has 0 aromatic carbocycles. The molecule has 2 fully saturated rings. The van der Waals surface area contributed by atoms with Crippen molar-refractivity contribution < 1.29 is 0 Å². The van der Waals surface area contributed by atoms with Crippen LogP contribution in [0.5, 0.6) is 0 Å². The van der Waals surface area contributed by atoms with Crippen molar-refractivity contribution in [1.29, 1.82) is 0 Å². The molecule has 17 heavy (non-hydrogen) atoms. The van der Waals surface area contributed by atoms with Crippen molar-refractivity contribution in [3.8, 4) is 0 Å². The summed E-state index contributed by atoms with van der Waals surface area (Å²) in [5, 5.41) is 3.47. The highest BCUT2D eigenvalue weighted by atomic mass is 79.9. The topological polar surface area (TPSA) is 28.2 Å². The van der Waals surface area contributed by atoms with Gasteiger partial charge in [-0.05, 0) is 52.5 Å². The number of pyridine rings is 1. The van der Waals surface area contributed by atoms with Crippen LogP contribution in [0.15, 0.2) is 22.9 Å². The van der Waals surface area contributed by atoms with Gasteiger partial charge in [-0.2, -0.15) is 0 Å². The number of hydrogen-bond donors (Lipinski definition) is 1. The maximum atomic E-state index is 4.21. The highest BCUT2D eigenvalue weighted by Gasteiger charge is 2.35. The smallest absolute Gasteiger partial charge is 0.0410 e. The van der Waals surface area contributed by atoms with Gasteiger partial charge in [0, 0.05) is 36.5 Å². The van der Waals surface area contributed by atoms with E-state index in [0.29, 0.717) is 0 Å². The molecule has 94 valence electrons. The fraction of sp³-hybridized carbons (Fsp3) is 0.583. The molecule has 0 radical (unpaired) electrons. The SMILES string of the molecule is Brc1cncc(CN2C[C@H]3CNC[C@H]3C2)c1.Cl. The molecular formula is C12H17BrClN3. The molecule has 0 bridgehead atoms. The van der Waals surface area contributed by atoms with Crippen molar-refractivity contribution in [1.82, 2.24) is 15.2 Å². The van der Waals surface area contributed by atoms with Crippen LogP contribution in [0.2, 0.25) is 0 Å². The molecule has 0 amide bonds. The highest BCUT2D eigenvalue weighted by molar-refractivity contribution is 9.10. The lowest BCUT2D eigenvalue weighted by Gasteiger charge is -2.16. The summed E-state index contributed by atoms with van der Waals surface area (Å²) >= 11 is 3.47. The monoisotopic (exact) mass is 317 g/mol. The Morgan fingerprint density at radius 2 is 2.00 bits per heavy atom. The molecule has 0 aliphatic carbocycles. The first kappa shape index (κ1) is 13.3. The van der Waals surface area contributed by atoms with Crippen LogP contribution in [0.1, 0.15) is 5.56 Å². The van der Waals surface area contributed by atoms with Crippen LogP contribution in [0.4, 0.5) is 0 Å². The van der Waals surface area contributed by atoms with E-state index in [4.69, 9.17) is 0 Å². The van der Waals surface area contributed by atoms with Crippen LogP contribution in [0.3, 0.4) is 0 Å². The number of rotatable bonds is 2. The lowest BCUT2D eigenvalue weighted by Crippen LogP contribution is -2.25. The minimum atomic E-state index is 0. The Morgan fingerprint density at radius 1 is 1.29 bits per heavy atom. The molecule has 2 aliphatic rings. The van der Waals surface area contributed by atoms with E-state index in [-0.39, 0.29) is 12.4 Å². The maximum Gasteiger partial charge on any atom is 0.0410 e. The second kappa shape index (κ2) is 5.65. The highest BCUT2D eigenvalue weighted by Crippen LogP contribution is 2.27. The van der Waals surface area contributed by atoms with Crippen molar-refractivity contribution in [3.63, 3.8) is 0 Å². The number of nitrogens with one attached hydrogen (secondary N) is 1. The van der Waals surface area contributed by atoms with Crippen molar-refractivity contribution >= 4 is 28.3 Å². The van der Waals surface area contributed by atoms with Gasteiger partial charge in [0.15, 0.2) is 0 Å². The van der Waals surface area contributed by atoms with Gasteiger partial charge in [0.25, 0.3) is 0 Å². The summed E-state index contributed by atoms with van der Waals surface area (Å²) in [6.45, 7) is 5.93. The lowest BCUT2D eigenvalue weighted by molar-refractivity contribution is 0.305. The molecule has 0 saturated carbocycles. The minimum absolute atomic E-state index is 0. The molecule has 2 saturated heterocycles. The average molecular weight is 319 g/mol. The van der Waals surface area contributed by atoms with Gasteiger partial charge in [-0.25, -0.2) is 0 Å². The third-order valence-electron chi connectivity index (χ3n) is 3.63. The number of fused-ring (bicyclic) bond motifs is 1. The van der Waals surface area contributed by atoms with Gasteiger partial charge in [0.1, 0.15) is 0 Å². The van der Waals surface area contributed by atoms with Crippen LogP contribution in [0, 0.1) is 11.8 Å². The third-order valence-corrected chi connectivity index (χ3v) is 4.07. The molecular weight excluding hydrogens is 302 g/mol. The molecule has 0 unspecified atom stereocenters. The van der Waals surface area contributed by atoms with Crippen molar-refractivity contribution in [2.45, 2.75) is 6.54 Å². The molecule has 5 heteroatoms. The number of likely N-dealkylation sites (tertiary alicyclic amines) is 1. The Hall–Kier alpha value is -0.160. The summed E-state index contributed by atoms with van der Waals surface area (Å²) in [5.41, 5.74) is 1.31. The molecule has 0 spiro atoms. The number of halogens is 2. The van der Waals surface area contributed by atoms with Crippen LogP contribution in [0.25, 0.3) is 0 Å². The number of nitrogens with zero attached hydrogens (tertiary/aromatic N) is 2. The first-order valence-corrected chi connectivity index (χ1v) is 6.63. The van der Waals surface area contributed by atoms with E-state index in [1.54, 1.807) is 0 Å². The van der Waals surface area contributed by atoms with Crippen LogP contribution < -0.4 is 5.32 Å². The van der Waals surface area contributed by atoms with Gasteiger partial charge in [-0.3, -0.25) is 9.88 Å². The molecule has 1 N–H and O–H groups in total. The first-order chi connectivity index (χ1) is 7.81. The van der Waals surface area contributed by atoms with E-state index in [0.717, 1.165) is 22.9 Å². The summed E-state index contributed by atoms with van der Waals surface area (Å²) in [6.07, 6.45) is 3.81. The molecule has 3 nitrogen and oxygen atoms in total. The molecule has 2 aliphatic heterocycles. The second-order valence-corrected chi connectivity index (χ2v) is 5.80. The Kier molecular flexibility index (Phi) is 4.42. The molecule has 1 aromatic rings. The zero-order chi connectivity index (χ0) is 11.0. The molecule has 2 atom stereocenters. The fourth-order valence-corrected chi connectivity index (χ4v) is 3.29. The fourth-order valence-electron chi connectivity index (χ4n) is 2.88. The second-order valence-electron chi connectivity index (χ2n) is 4.88. The van der Waals surface area contributed by atoms with Gasteiger partial charge >= 0.3 is 0 Å². The minimum Gasteiger partial charge on any atom is -0.316 e. The average Bonchev–Trinajstić information content (AvgIpc) is 2.77. The summed E-state index contributed by atoms with van der Waals surface area (Å²) < 4.78 is 1.08. The first-order valence-electron chi connectivity index (χ1n) is 5.84.